The van der Waals surface area contributed by atoms with Crippen LogP contribution in [-0.4, -0.2) is 22.4 Å². The molecule has 6 heteroatoms. The Balaban J connectivity index is 1.46. The van der Waals surface area contributed by atoms with Crippen LogP contribution < -0.4 is 5.32 Å². The summed E-state index contributed by atoms with van der Waals surface area (Å²) in [4.78, 5) is 17.9. The number of hydrogen-bond donors (Lipinski definition) is 1. The number of methoxy groups -OCH3 is 1. The SMILES string of the molecule is COCc1ccc(C(=O)Nc2ccc(-c3cn4ccsc4n3)cc2)cc1. The largest absolute Gasteiger partial charge is 0.380 e. The van der Waals surface area contributed by atoms with Gasteiger partial charge >= 0.3 is 0 Å². The van der Waals surface area contributed by atoms with Gasteiger partial charge < -0.3 is 10.1 Å². The summed E-state index contributed by atoms with van der Waals surface area (Å²) < 4.78 is 7.08. The zero-order valence-electron chi connectivity index (χ0n) is 14.2. The third-order valence-electron chi connectivity index (χ3n) is 4.06. The van der Waals surface area contributed by atoms with Crippen molar-refractivity contribution in [2.24, 2.45) is 0 Å². The number of ether oxygens (including phenoxy) is 1. The number of nitrogens with one attached hydrogen (secondary N) is 1. The molecule has 2 aromatic carbocycles. The van der Waals surface area contributed by atoms with Gasteiger partial charge in [0.15, 0.2) is 4.96 Å². The van der Waals surface area contributed by atoms with E-state index in [0.717, 1.165) is 27.5 Å². The summed E-state index contributed by atoms with van der Waals surface area (Å²) in [6.45, 7) is 0.537. The summed E-state index contributed by atoms with van der Waals surface area (Å²) >= 11 is 1.60. The van der Waals surface area contributed by atoms with Gasteiger partial charge in [0.2, 0.25) is 0 Å². The number of carbonyl (C=O) groups excluding carboxylic acids is 1. The molecule has 0 aliphatic rings. The second-order valence-electron chi connectivity index (χ2n) is 5.88. The molecule has 2 heterocycles. The number of carbonyl (C=O) groups is 1. The summed E-state index contributed by atoms with van der Waals surface area (Å²) in [5, 5.41) is 4.92. The number of imidazole rings is 1. The second kappa shape index (κ2) is 7.11. The summed E-state index contributed by atoms with van der Waals surface area (Å²) in [5.41, 5.74) is 4.34. The highest BCUT2D eigenvalue weighted by molar-refractivity contribution is 7.15. The molecular formula is C20H17N3O2S. The molecule has 26 heavy (non-hydrogen) atoms. The highest BCUT2D eigenvalue weighted by Gasteiger charge is 2.08. The van der Waals surface area contributed by atoms with E-state index in [1.807, 2.05) is 58.6 Å². The van der Waals surface area contributed by atoms with Gasteiger partial charge in [-0.3, -0.25) is 9.20 Å². The average molecular weight is 363 g/mol. The second-order valence-corrected chi connectivity index (χ2v) is 6.75. The van der Waals surface area contributed by atoms with Crippen molar-refractivity contribution in [3.63, 3.8) is 0 Å². The molecule has 0 unspecified atom stereocenters. The normalized spacial score (nSPS) is 11.0. The van der Waals surface area contributed by atoms with E-state index in [9.17, 15) is 4.79 Å². The summed E-state index contributed by atoms with van der Waals surface area (Å²) in [6.07, 6.45) is 3.99. The van der Waals surface area contributed by atoms with Crippen LogP contribution in [0.25, 0.3) is 16.2 Å². The quantitative estimate of drug-likeness (QED) is 0.569. The molecule has 130 valence electrons. The van der Waals surface area contributed by atoms with Crippen LogP contribution in [0.15, 0.2) is 66.3 Å². The minimum absolute atomic E-state index is 0.135. The number of aromatic nitrogens is 2. The van der Waals surface area contributed by atoms with Gasteiger partial charge in [-0.05, 0) is 29.8 Å². The Hall–Kier alpha value is -2.96. The van der Waals surface area contributed by atoms with E-state index in [0.29, 0.717) is 12.2 Å². The number of hydrogen-bond acceptors (Lipinski definition) is 4. The van der Waals surface area contributed by atoms with Crippen LogP contribution in [0.5, 0.6) is 0 Å². The van der Waals surface area contributed by atoms with Crippen LogP contribution in [0.3, 0.4) is 0 Å². The van der Waals surface area contributed by atoms with Gasteiger partial charge in [-0.1, -0.05) is 24.3 Å². The van der Waals surface area contributed by atoms with Crippen molar-refractivity contribution >= 4 is 27.9 Å². The standard InChI is InChI=1S/C20H17N3O2S/c1-25-13-14-2-4-16(5-3-14)19(24)21-17-8-6-15(7-9-17)18-12-23-10-11-26-20(23)22-18/h2-12H,13H2,1H3,(H,21,24). The lowest BCUT2D eigenvalue weighted by atomic mass is 10.1. The Bertz CT molecular complexity index is 1000. The molecule has 0 aliphatic heterocycles. The molecule has 0 aliphatic carbocycles. The molecule has 0 radical (unpaired) electrons. The Morgan fingerprint density at radius 1 is 1.15 bits per heavy atom. The molecule has 0 fully saturated rings. The molecule has 1 amide bonds. The van der Waals surface area contributed by atoms with Crippen molar-refractivity contribution < 1.29 is 9.53 Å². The predicted octanol–water partition coefficient (Wildman–Crippen LogP) is 4.46. The molecule has 0 spiro atoms. The van der Waals surface area contributed by atoms with Gasteiger partial charge in [0.25, 0.3) is 5.91 Å². The number of nitrogens with zero attached hydrogens (tertiary/aromatic N) is 2. The Kier molecular flexibility index (Phi) is 4.51. The fourth-order valence-electron chi connectivity index (χ4n) is 2.71. The number of rotatable bonds is 5. The van der Waals surface area contributed by atoms with E-state index in [-0.39, 0.29) is 5.91 Å². The van der Waals surface area contributed by atoms with Crippen LogP contribution in [0.1, 0.15) is 15.9 Å². The number of anilines is 1. The Morgan fingerprint density at radius 2 is 1.92 bits per heavy atom. The third-order valence-corrected chi connectivity index (χ3v) is 4.83. The third kappa shape index (κ3) is 3.37. The Labute approximate surface area is 154 Å². The molecule has 0 saturated carbocycles. The number of amides is 1. The molecule has 4 rings (SSSR count). The molecule has 0 bridgehead atoms. The van der Waals surface area contributed by atoms with Gasteiger partial charge in [-0.2, -0.15) is 0 Å². The zero-order chi connectivity index (χ0) is 17.9. The van der Waals surface area contributed by atoms with Gasteiger partial charge in [0.05, 0.1) is 12.3 Å². The highest BCUT2D eigenvalue weighted by Crippen LogP contribution is 2.23. The van der Waals surface area contributed by atoms with Crippen molar-refractivity contribution in [1.82, 2.24) is 9.38 Å². The van der Waals surface area contributed by atoms with Crippen LogP contribution >= 0.6 is 11.3 Å². The fourth-order valence-corrected chi connectivity index (χ4v) is 3.41. The van der Waals surface area contributed by atoms with E-state index >= 15 is 0 Å². The molecule has 0 saturated heterocycles. The lowest BCUT2D eigenvalue weighted by Gasteiger charge is -2.07. The van der Waals surface area contributed by atoms with Crippen molar-refractivity contribution in [1.29, 1.82) is 0 Å². The lowest BCUT2D eigenvalue weighted by Crippen LogP contribution is -2.11. The maximum atomic E-state index is 12.4. The fraction of sp³-hybridized carbons (Fsp3) is 0.100. The molecule has 5 nitrogen and oxygen atoms in total. The van der Waals surface area contributed by atoms with E-state index in [1.165, 1.54) is 0 Å². The van der Waals surface area contributed by atoms with Crippen LogP contribution in [-0.2, 0) is 11.3 Å². The van der Waals surface area contributed by atoms with Crippen LogP contribution in [0.2, 0.25) is 0 Å². The van der Waals surface area contributed by atoms with Gasteiger partial charge in [0, 0.05) is 41.7 Å². The first-order valence-electron chi connectivity index (χ1n) is 8.15. The molecular weight excluding hydrogens is 346 g/mol. The first-order chi connectivity index (χ1) is 12.7. The zero-order valence-corrected chi connectivity index (χ0v) is 15.0. The predicted molar refractivity (Wildman–Crippen MR) is 104 cm³/mol. The smallest absolute Gasteiger partial charge is 0.255 e. The Morgan fingerprint density at radius 3 is 2.62 bits per heavy atom. The minimum atomic E-state index is -0.135. The van der Waals surface area contributed by atoms with Crippen LogP contribution in [0, 0.1) is 0 Å². The van der Waals surface area contributed by atoms with Crippen molar-refractivity contribution in [2.45, 2.75) is 6.61 Å². The van der Waals surface area contributed by atoms with Crippen LogP contribution in [0.4, 0.5) is 5.69 Å². The van der Waals surface area contributed by atoms with E-state index < -0.39 is 0 Å². The van der Waals surface area contributed by atoms with E-state index in [1.54, 1.807) is 30.6 Å². The number of benzene rings is 2. The molecule has 4 aromatic rings. The molecule has 2 aromatic heterocycles. The monoisotopic (exact) mass is 363 g/mol. The van der Waals surface area contributed by atoms with Crippen molar-refractivity contribution in [3.05, 3.63) is 77.4 Å². The topological polar surface area (TPSA) is 55.6 Å². The molecule has 1 N–H and O–H groups in total. The highest BCUT2D eigenvalue weighted by atomic mass is 32.1. The van der Waals surface area contributed by atoms with E-state index in [4.69, 9.17) is 4.74 Å². The van der Waals surface area contributed by atoms with Gasteiger partial charge in [-0.25, -0.2) is 4.98 Å². The first-order valence-corrected chi connectivity index (χ1v) is 9.03. The maximum Gasteiger partial charge on any atom is 0.255 e. The summed E-state index contributed by atoms with van der Waals surface area (Å²) in [5.74, 6) is -0.135. The lowest BCUT2D eigenvalue weighted by molar-refractivity contribution is 0.102. The van der Waals surface area contributed by atoms with Gasteiger partial charge in [-0.15, -0.1) is 11.3 Å². The number of thiazole rings is 1. The summed E-state index contributed by atoms with van der Waals surface area (Å²) in [7, 11) is 1.65. The average Bonchev–Trinajstić information content (AvgIpc) is 3.25. The summed E-state index contributed by atoms with van der Waals surface area (Å²) in [6, 6.07) is 15.1. The van der Waals surface area contributed by atoms with Crippen molar-refractivity contribution in [2.75, 3.05) is 12.4 Å². The number of fused-ring (bicyclic) bond motifs is 1. The minimum Gasteiger partial charge on any atom is -0.380 e. The first kappa shape index (κ1) is 16.5. The maximum absolute atomic E-state index is 12.4. The molecule has 0 atom stereocenters. The van der Waals surface area contributed by atoms with Gasteiger partial charge in [0.1, 0.15) is 0 Å². The van der Waals surface area contributed by atoms with E-state index in [2.05, 4.69) is 10.3 Å². The van der Waals surface area contributed by atoms with Crippen molar-refractivity contribution in [3.8, 4) is 11.3 Å².